The Morgan fingerprint density at radius 3 is 2.82 bits per heavy atom. The number of thiazole rings is 1. The van der Waals surface area contributed by atoms with Gasteiger partial charge >= 0.3 is 6.09 Å². The van der Waals surface area contributed by atoms with E-state index in [0.29, 0.717) is 19.4 Å². The quantitative estimate of drug-likeness (QED) is 0.840. The van der Waals surface area contributed by atoms with Gasteiger partial charge in [0.15, 0.2) is 9.84 Å². The standard InChI is InChI=1S/C14H22N2O4S2/c1-14(2,3)20-13(17)16-6-4-5-12(8-16)22(18,19)9-11-7-15-10-21-11/h7,10,12H,4-6,8-9H2,1-3H3. The fraction of sp³-hybridized carbons (Fsp3) is 0.714. The Kier molecular flexibility index (Phi) is 5.11. The number of amides is 1. The van der Waals surface area contributed by atoms with Gasteiger partial charge in [-0.25, -0.2) is 13.2 Å². The SMILES string of the molecule is CC(C)(C)OC(=O)N1CCCC(S(=O)(=O)Cc2cncs2)C1. The molecule has 1 aromatic heterocycles. The largest absolute Gasteiger partial charge is 0.444 e. The van der Waals surface area contributed by atoms with E-state index in [1.54, 1.807) is 32.5 Å². The summed E-state index contributed by atoms with van der Waals surface area (Å²) in [6.45, 7) is 6.14. The Morgan fingerprint density at radius 2 is 2.23 bits per heavy atom. The van der Waals surface area contributed by atoms with Crippen LogP contribution in [0.1, 0.15) is 38.5 Å². The highest BCUT2D eigenvalue weighted by Crippen LogP contribution is 2.23. The van der Waals surface area contributed by atoms with Crippen LogP contribution in [0, 0.1) is 0 Å². The average Bonchev–Trinajstić information content (AvgIpc) is 2.89. The molecule has 2 heterocycles. The number of sulfone groups is 1. The number of hydrogen-bond acceptors (Lipinski definition) is 6. The van der Waals surface area contributed by atoms with Crippen molar-refractivity contribution in [3.8, 4) is 0 Å². The van der Waals surface area contributed by atoms with Gasteiger partial charge in [0.05, 0.1) is 16.5 Å². The van der Waals surface area contributed by atoms with Crippen molar-refractivity contribution in [1.82, 2.24) is 9.88 Å². The van der Waals surface area contributed by atoms with Crippen LogP contribution in [0.15, 0.2) is 11.7 Å². The number of nitrogens with zero attached hydrogens (tertiary/aromatic N) is 2. The number of ether oxygens (including phenoxy) is 1. The maximum atomic E-state index is 12.5. The zero-order valence-electron chi connectivity index (χ0n) is 13.1. The summed E-state index contributed by atoms with van der Waals surface area (Å²) in [6.07, 6.45) is 2.40. The smallest absolute Gasteiger partial charge is 0.410 e. The number of carbonyl (C=O) groups excluding carboxylic acids is 1. The molecule has 1 aromatic rings. The van der Waals surface area contributed by atoms with Gasteiger partial charge in [0.2, 0.25) is 0 Å². The predicted octanol–water partition coefficient (Wildman–Crippen LogP) is 2.46. The van der Waals surface area contributed by atoms with E-state index in [4.69, 9.17) is 4.74 Å². The summed E-state index contributed by atoms with van der Waals surface area (Å²) in [5.41, 5.74) is 1.05. The van der Waals surface area contributed by atoms with Crippen LogP contribution in [-0.2, 0) is 20.3 Å². The van der Waals surface area contributed by atoms with Crippen LogP contribution < -0.4 is 0 Å². The van der Waals surface area contributed by atoms with Crippen LogP contribution in [0.25, 0.3) is 0 Å². The van der Waals surface area contributed by atoms with E-state index in [9.17, 15) is 13.2 Å². The molecule has 1 atom stereocenters. The van der Waals surface area contributed by atoms with Crippen molar-refractivity contribution >= 4 is 27.3 Å². The Labute approximate surface area is 135 Å². The zero-order chi connectivity index (χ0) is 16.4. The number of piperidine rings is 1. The third kappa shape index (κ3) is 4.67. The second-order valence-electron chi connectivity index (χ2n) is 6.47. The summed E-state index contributed by atoms with van der Waals surface area (Å²) in [5.74, 6) is -0.00943. The van der Waals surface area contributed by atoms with Crippen molar-refractivity contribution in [3.63, 3.8) is 0 Å². The van der Waals surface area contributed by atoms with E-state index in [0.717, 1.165) is 4.88 Å². The van der Waals surface area contributed by atoms with Crippen LogP contribution >= 0.6 is 11.3 Å². The van der Waals surface area contributed by atoms with E-state index >= 15 is 0 Å². The molecule has 1 aliphatic rings. The minimum atomic E-state index is -3.30. The van der Waals surface area contributed by atoms with Gasteiger partial charge < -0.3 is 9.64 Å². The molecule has 0 radical (unpaired) electrons. The summed E-state index contributed by atoms with van der Waals surface area (Å²) in [7, 11) is -3.30. The Bertz CT molecular complexity index is 605. The highest BCUT2D eigenvalue weighted by atomic mass is 32.2. The van der Waals surface area contributed by atoms with Crippen LogP contribution in [-0.4, -0.2) is 48.3 Å². The number of likely N-dealkylation sites (tertiary alicyclic amines) is 1. The van der Waals surface area contributed by atoms with Crippen molar-refractivity contribution in [1.29, 1.82) is 0 Å². The van der Waals surface area contributed by atoms with Gasteiger partial charge in [-0.1, -0.05) is 0 Å². The van der Waals surface area contributed by atoms with Gasteiger partial charge in [-0.3, -0.25) is 4.98 Å². The molecule has 6 nitrogen and oxygen atoms in total. The lowest BCUT2D eigenvalue weighted by atomic mass is 10.1. The van der Waals surface area contributed by atoms with Crippen LogP contribution in [0.5, 0.6) is 0 Å². The normalized spacial score (nSPS) is 20.0. The molecule has 124 valence electrons. The molecule has 0 aliphatic carbocycles. The molecule has 22 heavy (non-hydrogen) atoms. The minimum Gasteiger partial charge on any atom is -0.444 e. The lowest BCUT2D eigenvalue weighted by molar-refractivity contribution is 0.0219. The fourth-order valence-corrected chi connectivity index (χ4v) is 5.14. The van der Waals surface area contributed by atoms with Crippen LogP contribution in [0.3, 0.4) is 0 Å². The monoisotopic (exact) mass is 346 g/mol. The average molecular weight is 346 g/mol. The Balaban J connectivity index is 2.02. The number of hydrogen-bond donors (Lipinski definition) is 0. The maximum absolute atomic E-state index is 12.5. The molecular weight excluding hydrogens is 324 g/mol. The van der Waals surface area contributed by atoms with Crippen molar-refractivity contribution in [2.75, 3.05) is 13.1 Å². The Hall–Kier alpha value is -1.15. The van der Waals surface area contributed by atoms with Gasteiger partial charge in [-0.05, 0) is 33.6 Å². The molecule has 2 rings (SSSR count). The van der Waals surface area contributed by atoms with Crippen LogP contribution in [0.2, 0.25) is 0 Å². The third-order valence-electron chi connectivity index (χ3n) is 3.36. The molecule has 0 aromatic carbocycles. The van der Waals surface area contributed by atoms with Gasteiger partial charge in [0.25, 0.3) is 0 Å². The summed E-state index contributed by atoms with van der Waals surface area (Å²) in [4.78, 5) is 18.2. The van der Waals surface area contributed by atoms with Crippen molar-refractivity contribution in [2.24, 2.45) is 0 Å². The molecule has 0 spiro atoms. The molecule has 1 aliphatic heterocycles. The summed E-state index contributed by atoms with van der Waals surface area (Å²) < 4.78 is 30.3. The fourth-order valence-electron chi connectivity index (χ4n) is 2.35. The zero-order valence-corrected chi connectivity index (χ0v) is 14.7. The van der Waals surface area contributed by atoms with Gasteiger partial charge in [-0.15, -0.1) is 11.3 Å². The summed E-state index contributed by atoms with van der Waals surface area (Å²) in [5, 5.41) is -0.532. The van der Waals surface area contributed by atoms with E-state index in [1.165, 1.54) is 16.2 Å². The first kappa shape index (κ1) is 17.2. The first-order valence-electron chi connectivity index (χ1n) is 7.24. The molecule has 1 unspecified atom stereocenters. The highest BCUT2D eigenvalue weighted by Gasteiger charge is 2.34. The van der Waals surface area contributed by atoms with Crippen molar-refractivity contribution < 1.29 is 17.9 Å². The predicted molar refractivity (Wildman–Crippen MR) is 85.6 cm³/mol. The molecule has 0 bridgehead atoms. The maximum Gasteiger partial charge on any atom is 0.410 e. The summed E-state index contributed by atoms with van der Waals surface area (Å²) in [6, 6.07) is 0. The molecular formula is C14H22N2O4S2. The minimum absolute atomic E-state index is 0.00943. The number of aromatic nitrogens is 1. The van der Waals surface area contributed by atoms with Crippen LogP contribution in [0.4, 0.5) is 4.79 Å². The van der Waals surface area contributed by atoms with E-state index < -0.39 is 26.8 Å². The lowest BCUT2D eigenvalue weighted by Gasteiger charge is -2.33. The molecule has 0 saturated carbocycles. The molecule has 1 fully saturated rings. The lowest BCUT2D eigenvalue weighted by Crippen LogP contribution is -2.47. The number of carbonyl (C=O) groups is 1. The second kappa shape index (κ2) is 6.54. The first-order valence-corrected chi connectivity index (χ1v) is 9.84. The molecule has 1 saturated heterocycles. The topological polar surface area (TPSA) is 76.6 Å². The van der Waals surface area contributed by atoms with Crippen molar-refractivity contribution in [2.45, 2.75) is 50.2 Å². The number of rotatable bonds is 3. The second-order valence-corrected chi connectivity index (χ2v) is 9.72. The summed E-state index contributed by atoms with van der Waals surface area (Å²) >= 11 is 1.33. The van der Waals surface area contributed by atoms with E-state index in [1.807, 2.05) is 0 Å². The third-order valence-corrected chi connectivity index (χ3v) is 6.44. The Morgan fingerprint density at radius 1 is 1.50 bits per heavy atom. The van der Waals surface area contributed by atoms with Gasteiger partial charge in [0.1, 0.15) is 5.60 Å². The van der Waals surface area contributed by atoms with Gasteiger partial charge in [0, 0.05) is 24.2 Å². The molecule has 0 N–H and O–H groups in total. The molecule has 1 amide bonds. The first-order chi connectivity index (χ1) is 10.2. The van der Waals surface area contributed by atoms with Gasteiger partial charge in [-0.2, -0.15) is 0 Å². The van der Waals surface area contributed by atoms with E-state index in [-0.39, 0.29) is 12.3 Å². The highest BCUT2D eigenvalue weighted by molar-refractivity contribution is 7.91. The van der Waals surface area contributed by atoms with Crippen molar-refractivity contribution in [3.05, 3.63) is 16.6 Å². The molecule has 8 heteroatoms. The van der Waals surface area contributed by atoms with E-state index in [2.05, 4.69) is 4.98 Å².